The number of nitrogens with one attached hydrogen (secondary N) is 1. The molecule has 0 saturated heterocycles. The summed E-state index contributed by atoms with van der Waals surface area (Å²) in [6.45, 7) is 0. The van der Waals surface area contributed by atoms with Crippen LogP contribution < -0.4 is 14.2 Å². The van der Waals surface area contributed by atoms with Crippen molar-refractivity contribution in [3.63, 3.8) is 0 Å². The summed E-state index contributed by atoms with van der Waals surface area (Å²) in [5.41, 5.74) is 0.973. The van der Waals surface area contributed by atoms with E-state index in [4.69, 9.17) is 8.92 Å². The standard InChI is InChI=1S/C23H17BrN2O5S/c1-30-20-10-12-22(13-11-20)32(28,29)31-21-8-2-16(3-9-21)14-17(15-25)23(27)26-19-6-4-18(24)5-7-19/h2-14H,1H3,(H,26,27)/b17-14+. The minimum absolute atomic E-state index is 0.0151. The first-order chi connectivity index (χ1) is 15.3. The molecule has 0 atom stereocenters. The molecule has 1 N–H and O–H groups in total. The molecule has 0 aliphatic carbocycles. The van der Waals surface area contributed by atoms with Crippen molar-refractivity contribution in [2.45, 2.75) is 4.90 Å². The predicted molar refractivity (Wildman–Crippen MR) is 124 cm³/mol. The Bertz CT molecular complexity index is 1280. The van der Waals surface area contributed by atoms with Gasteiger partial charge >= 0.3 is 10.1 Å². The van der Waals surface area contributed by atoms with Crippen LogP contribution in [0.5, 0.6) is 11.5 Å². The van der Waals surface area contributed by atoms with Crippen LogP contribution in [0.4, 0.5) is 5.69 Å². The van der Waals surface area contributed by atoms with Gasteiger partial charge in [0.05, 0.1) is 7.11 Å². The summed E-state index contributed by atoms with van der Waals surface area (Å²) in [4.78, 5) is 12.3. The molecule has 7 nitrogen and oxygen atoms in total. The molecule has 0 aromatic heterocycles. The maximum absolute atomic E-state index is 12.4. The van der Waals surface area contributed by atoms with Crippen molar-refractivity contribution >= 4 is 43.7 Å². The lowest BCUT2D eigenvalue weighted by Crippen LogP contribution is -2.13. The van der Waals surface area contributed by atoms with Crippen LogP contribution in [0.15, 0.2) is 87.7 Å². The van der Waals surface area contributed by atoms with Crippen molar-refractivity contribution in [2.24, 2.45) is 0 Å². The van der Waals surface area contributed by atoms with Crippen molar-refractivity contribution in [3.05, 3.63) is 88.4 Å². The van der Waals surface area contributed by atoms with Gasteiger partial charge in [-0.3, -0.25) is 4.79 Å². The van der Waals surface area contributed by atoms with Gasteiger partial charge in [0.15, 0.2) is 0 Å². The number of benzene rings is 3. The van der Waals surface area contributed by atoms with Crippen LogP contribution in [-0.2, 0) is 14.9 Å². The number of methoxy groups -OCH3 is 1. The molecule has 0 radical (unpaired) electrons. The SMILES string of the molecule is COc1ccc(S(=O)(=O)Oc2ccc(/C=C(\C#N)C(=O)Nc3ccc(Br)cc3)cc2)cc1. The number of hydrogen-bond donors (Lipinski definition) is 1. The van der Waals surface area contributed by atoms with Crippen molar-refractivity contribution in [3.8, 4) is 17.6 Å². The van der Waals surface area contributed by atoms with Gasteiger partial charge in [0.1, 0.15) is 28.0 Å². The van der Waals surface area contributed by atoms with E-state index >= 15 is 0 Å². The Morgan fingerprint density at radius 1 is 0.969 bits per heavy atom. The van der Waals surface area contributed by atoms with Gasteiger partial charge in [0, 0.05) is 10.2 Å². The van der Waals surface area contributed by atoms with E-state index in [-0.39, 0.29) is 16.2 Å². The third-order valence-corrected chi connectivity index (χ3v) is 6.00. The summed E-state index contributed by atoms with van der Waals surface area (Å²) in [5, 5.41) is 12.0. The second-order valence-corrected chi connectivity index (χ2v) is 8.87. The Balaban J connectivity index is 1.71. The highest BCUT2D eigenvalue weighted by Gasteiger charge is 2.17. The van der Waals surface area contributed by atoms with Gasteiger partial charge in [0.2, 0.25) is 0 Å². The van der Waals surface area contributed by atoms with Crippen LogP contribution >= 0.6 is 15.9 Å². The number of halogens is 1. The fraction of sp³-hybridized carbons (Fsp3) is 0.0435. The van der Waals surface area contributed by atoms with E-state index in [2.05, 4.69) is 21.2 Å². The Morgan fingerprint density at radius 3 is 2.12 bits per heavy atom. The lowest BCUT2D eigenvalue weighted by Gasteiger charge is -2.08. The number of nitriles is 1. The summed E-state index contributed by atoms with van der Waals surface area (Å²) in [6, 6.07) is 20.6. The summed E-state index contributed by atoms with van der Waals surface area (Å²) in [7, 11) is -2.54. The maximum Gasteiger partial charge on any atom is 0.339 e. The summed E-state index contributed by atoms with van der Waals surface area (Å²) < 4.78 is 35.9. The first-order valence-corrected chi connectivity index (χ1v) is 11.4. The summed E-state index contributed by atoms with van der Waals surface area (Å²) >= 11 is 3.31. The molecule has 0 heterocycles. The molecule has 0 fully saturated rings. The van der Waals surface area contributed by atoms with E-state index in [1.54, 1.807) is 36.4 Å². The average molecular weight is 513 g/mol. The van der Waals surface area contributed by atoms with Crippen LogP contribution in [-0.4, -0.2) is 21.4 Å². The third kappa shape index (κ3) is 5.97. The molecular weight excluding hydrogens is 496 g/mol. The number of carbonyl (C=O) groups excluding carboxylic acids is 1. The quantitative estimate of drug-likeness (QED) is 0.277. The van der Waals surface area contributed by atoms with Gasteiger partial charge < -0.3 is 14.2 Å². The second-order valence-electron chi connectivity index (χ2n) is 6.41. The van der Waals surface area contributed by atoms with Crippen molar-refractivity contribution in [1.82, 2.24) is 0 Å². The zero-order chi connectivity index (χ0) is 23.1. The van der Waals surface area contributed by atoms with Crippen molar-refractivity contribution in [2.75, 3.05) is 12.4 Å². The number of hydrogen-bond acceptors (Lipinski definition) is 6. The molecule has 0 unspecified atom stereocenters. The minimum atomic E-state index is -4.02. The molecular formula is C23H17BrN2O5S. The highest BCUT2D eigenvalue weighted by molar-refractivity contribution is 9.10. The van der Waals surface area contributed by atoms with E-state index in [0.717, 1.165) is 4.47 Å². The molecule has 162 valence electrons. The second kappa shape index (κ2) is 10.1. The van der Waals surface area contributed by atoms with Gasteiger partial charge in [-0.05, 0) is 72.3 Å². The van der Waals surface area contributed by atoms with Gasteiger partial charge in [-0.25, -0.2) is 0 Å². The highest BCUT2D eigenvalue weighted by Crippen LogP contribution is 2.22. The van der Waals surface area contributed by atoms with Crippen molar-refractivity contribution < 1.29 is 22.1 Å². The Morgan fingerprint density at radius 2 is 1.56 bits per heavy atom. The molecule has 0 aliphatic rings. The van der Waals surface area contributed by atoms with Crippen LogP contribution in [0.1, 0.15) is 5.56 Å². The third-order valence-electron chi connectivity index (χ3n) is 4.21. The van der Waals surface area contributed by atoms with Gasteiger partial charge in [-0.15, -0.1) is 0 Å². The van der Waals surface area contributed by atoms with E-state index in [9.17, 15) is 18.5 Å². The molecule has 0 aliphatic heterocycles. The lowest BCUT2D eigenvalue weighted by molar-refractivity contribution is -0.112. The molecule has 32 heavy (non-hydrogen) atoms. The molecule has 9 heteroatoms. The van der Waals surface area contributed by atoms with Crippen LogP contribution in [0.25, 0.3) is 6.08 Å². The topological polar surface area (TPSA) is 105 Å². The van der Waals surface area contributed by atoms with E-state index in [1.807, 2.05) is 6.07 Å². The normalized spacial score (nSPS) is 11.3. The summed E-state index contributed by atoms with van der Waals surface area (Å²) in [6.07, 6.45) is 1.40. The molecule has 0 saturated carbocycles. The largest absolute Gasteiger partial charge is 0.497 e. The number of rotatable bonds is 7. The number of ether oxygens (including phenoxy) is 1. The molecule has 1 amide bonds. The number of amides is 1. The van der Waals surface area contributed by atoms with Crippen LogP contribution in [0, 0.1) is 11.3 Å². The monoisotopic (exact) mass is 512 g/mol. The average Bonchev–Trinajstić information content (AvgIpc) is 2.79. The van der Waals surface area contributed by atoms with E-state index in [0.29, 0.717) is 17.0 Å². The molecule has 0 bridgehead atoms. The lowest BCUT2D eigenvalue weighted by atomic mass is 10.1. The molecule has 0 spiro atoms. The number of carbonyl (C=O) groups is 1. The molecule has 3 aromatic carbocycles. The molecule has 3 aromatic rings. The maximum atomic E-state index is 12.4. The van der Waals surface area contributed by atoms with E-state index in [1.165, 1.54) is 49.6 Å². The van der Waals surface area contributed by atoms with Crippen molar-refractivity contribution in [1.29, 1.82) is 5.26 Å². The fourth-order valence-corrected chi connectivity index (χ4v) is 3.78. The van der Waals surface area contributed by atoms with Gasteiger partial charge in [-0.1, -0.05) is 28.1 Å². The Kier molecular flexibility index (Phi) is 7.30. The van der Waals surface area contributed by atoms with E-state index < -0.39 is 16.0 Å². The fourth-order valence-electron chi connectivity index (χ4n) is 2.58. The highest BCUT2D eigenvalue weighted by atomic mass is 79.9. The zero-order valence-corrected chi connectivity index (χ0v) is 19.2. The number of nitrogens with zero attached hydrogens (tertiary/aromatic N) is 1. The molecule has 3 rings (SSSR count). The smallest absolute Gasteiger partial charge is 0.339 e. The predicted octanol–water partition coefficient (Wildman–Crippen LogP) is 4.77. The first kappa shape index (κ1) is 23.1. The Labute approximate surface area is 194 Å². The summed E-state index contributed by atoms with van der Waals surface area (Å²) in [5.74, 6) is 0.0607. The zero-order valence-electron chi connectivity index (χ0n) is 16.8. The van der Waals surface area contributed by atoms with Gasteiger partial charge in [-0.2, -0.15) is 13.7 Å². The Hall–Kier alpha value is -3.61. The van der Waals surface area contributed by atoms with Crippen LogP contribution in [0.3, 0.4) is 0 Å². The van der Waals surface area contributed by atoms with Gasteiger partial charge in [0.25, 0.3) is 5.91 Å². The van der Waals surface area contributed by atoms with Crippen LogP contribution in [0.2, 0.25) is 0 Å². The minimum Gasteiger partial charge on any atom is -0.497 e. The first-order valence-electron chi connectivity index (χ1n) is 9.18. The number of anilines is 1.